The van der Waals surface area contributed by atoms with E-state index in [4.69, 9.17) is 0 Å². The predicted molar refractivity (Wildman–Crippen MR) is 71.2 cm³/mol. The van der Waals surface area contributed by atoms with Crippen molar-refractivity contribution in [3.63, 3.8) is 0 Å². The van der Waals surface area contributed by atoms with E-state index in [2.05, 4.69) is 20.7 Å². The number of sulfone groups is 1. The fourth-order valence-corrected chi connectivity index (χ4v) is 3.97. The van der Waals surface area contributed by atoms with E-state index in [1.807, 2.05) is 0 Å². The van der Waals surface area contributed by atoms with Crippen molar-refractivity contribution in [1.29, 1.82) is 0 Å². The molecule has 0 spiro atoms. The Bertz CT molecular complexity index is 643. The van der Waals surface area contributed by atoms with E-state index in [0.29, 0.717) is 0 Å². The van der Waals surface area contributed by atoms with Gasteiger partial charge in [0.15, 0.2) is 0 Å². The summed E-state index contributed by atoms with van der Waals surface area (Å²) in [4.78, 5) is 0. The molecule has 0 heterocycles. The summed E-state index contributed by atoms with van der Waals surface area (Å²) in [5, 5.41) is 0. The molecule has 18 heavy (non-hydrogen) atoms. The van der Waals surface area contributed by atoms with E-state index in [1.54, 1.807) is 0 Å². The molecule has 0 unspecified atom stereocenters. The number of hydrogen-bond acceptors (Lipinski definition) is 4. The van der Waals surface area contributed by atoms with E-state index in [9.17, 15) is 21.2 Å². The summed E-state index contributed by atoms with van der Waals surface area (Å²) in [6.07, 6.45) is 0.946. The van der Waals surface area contributed by atoms with Crippen molar-refractivity contribution in [2.75, 3.05) is 22.5 Å². The lowest BCUT2D eigenvalue weighted by molar-refractivity contribution is 0.593. The minimum atomic E-state index is -3.81. The lowest BCUT2D eigenvalue weighted by atomic mass is 10.3. The maximum absolute atomic E-state index is 13.2. The quantitative estimate of drug-likeness (QED) is 0.860. The lowest BCUT2D eigenvalue weighted by Crippen LogP contribution is -2.22. The first kappa shape index (κ1) is 15.4. The average Bonchev–Trinajstić information content (AvgIpc) is 2.20. The average molecular weight is 360 g/mol. The standard InChI is InChI=1S/C9H11BrFNO4S2/c1-17(13,14)4-5-18(15,16)12-7-2-3-8(10)9(11)6-7/h2-3,6,12H,4-5H2,1H3. The van der Waals surface area contributed by atoms with Gasteiger partial charge in [-0.3, -0.25) is 4.72 Å². The Morgan fingerprint density at radius 1 is 1.22 bits per heavy atom. The summed E-state index contributed by atoms with van der Waals surface area (Å²) in [5.74, 6) is -1.66. The number of sulfonamides is 1. The van der Waals surface area contributed by atoms with E-state index >= 15 is 0 Å². The zero-order valence-electron chi connectivity index (χ0n) is 9.35. The smallest absolute Gasteiger partial charge is 0.233 e. The van der Waals surface area contributed by atoms with Crippen molar-refractivity contribution in [1.82, 2.24) is 0 Å². The van der Waals surface area contributed by atoms with Gasteiger partial charge in [0, 0.05) is 6.26 Å². The minimum absolute atomic E-state index is 0.0456. The van der Waals surface area contributed by atoms with Gasteiger partial charge in [-0.2, -0.15) is 0 Å². The Hall–Kier alpha value is -0.670. The summed E-state index contributed by atoms with van der Waals surface area (Å²) in [6, 6.07) is 3.72. The Kier molecular flexibility index (Phi) is 4.73. The Morgan fingerprint density at radius 2 is 1.83 bits per heavy atom. The van der Waals surface area contributed by atoms with Gasteiger partial charge in [-0.25, -0.2) is 21.2 Å². The van der Waals surface area contributed by atoms with Gasteiger partial charge in [0.05, 0.1) is 21.7 Å². The van der Waals surface area contributed by atoms with Crippen LogP contribution in [0, 0.1) is 5.82 Å². The molecule has 0 fully saturated rings. The number of nitrogens with one attached hydrogen (secondary N) is 1. The van der Waals surface area contributed by atoms with Gasteiger partial charge in [-0.05, 0) is 34.1 Å². The molecule has 5 nitrogen and oxygen atoms in total. The summed E-state index contributed by atoms with van der Waals surface area (Å²) < 4.78 is 60.3. The summed E-state index contributed by atoms with van der Waals surface area (Å²) in [6.45, 7) is 0. The molecule has 102 valence electrons. The first-order valence-electron chi connectivity index (χ1n) is 4.72. The molecule has 1 N–H and O–H groups in total. The molecule has 0 aliphatic rings. The number of halogens is 2. The molecule has 1 aromatic carbocycles. The van der Waals surface area contributed by atoms with Crippen LogP contribution < -0.4 is 4.72 Å². The molecule has 0 bridgehead atoms. The van der Waals surface area contributed by atoms with Crippen LogP contribution in [-0.4, -0.2) is 34.6 Å². The maximum atomic E-state index is 13.2. The molecule has 0 aromatic heterocycles. The second-order valence-electron chi connectivity index (χ2n) is 3.68. The van der Waals surface area contributed by atoms with Crippen LogP contribution in [0.5, 0.6) is 0 Å². The predicted octanol–water partition coefficient (Wildman–Crippen LogP) is 1.37. The molecule has 0 saturated carbocycles. The van der Waals surface area contributed by atoms with Crippen molar-refractivity contribution in [2.45, 2.75) is 0 Å². The molecule has 0 amide bonds. The first-order valence-corrected chi connectivity index (χ1v) is 9.23. The first-order chi connectivity index (χ1) is 8.09. The van der Waals surface area contributed by atoms with Gasteiger partial charge in [0.1, 0.15) is 15.7 Å². The Morgan fingerprint density at radius 3 is 2.33 bits per heavy atom. The van der Waals surface area contributed by atoms with Crippen LogP contribution in [0.2, 0.25) is 0 Å². The van der Waals surface area contributed by atoms with Gasteiger partial charge in [-0.15, -0.1) is 0 Å². The van der Waals surface area contributed by atoms with E-state index in [-0.39, 0.29) is 10.2 Å². The highest BCUT2D eigenvalue weighted by Gasteiger charge is 2.15. The molecule has 1 rings (SSSR count). The SMILES string of the molecule is CS(=O)(=O)CCS(=O)(=O)Nc1ccc(Br)c(F)c1. The molecule has 0 aliphatic carbocycles. The molecular weight excluding hydrogens is 349 g/mol. The second-order valence-corrected chi connectivity index (χ2v) is 8.64. The zero-order chi connectivity index (χ0) is 14.0. The summed E-state index contributed by atoms with van der Waals surface area (Å²) >= 11 is 2.93. The van der Waals surface area contributed by atoms with Gasteiger partial charge >= 0.3 is 0 Å². The third kappa shape index (κ3) is 5.32. The molecular formula is C9H11BrFNO4S2. The van der Waals surface area contributed by atoms with Crippen LogP contribution in [-0.2, 0) is 19.9 Å². The monoisotopic (exact) mass is 359 g/mol. The maximum Gasteiger partial charge on any atom is 0.233 e. The minimum Gasteiger partial charge on any atom is -0.283 e. The Balaban J connectivity index is 2.80. The summed E-state index contributed by atoms with van der Waals surface area (Å²) in [5.41, 5.74) is 0.0456. The van der Waals surface area contributed by atoms with E-state index in [1.165, 1.54) is 12.1 Å². The second kappa shape index (κ2) is 5.54. The molecule has 1 aromatic rings. The van der Waals surface area contributed by atoms with Gasteiger partial charge in [0.2, 0.25) is 10.0 Å². The van der Waals surface area contributed by atoms with Crippen LogP contribution in [0.3, 0.4) is 0 Å². The number of benzene rings is 1. The normalized spacial score (nSPS) is 12.4. The topological polar surface area (TPSA) is 80.3 Å². The fraction of sp³-hybridized carbons (Fsp3) is 0.333. The Labute approximate surface area is 113 Å². The van der Waals surface area contributed by atoms with Gasteiger partial charge in [0.25, 0.3) is 0 Å². The molecule has 0 atom stereocenters. The third-order valence-corrected chi connectivity index (χ3v) is 5.05. The largest absolute Gasteiger partial charge is 0.283 e. The lowest BCUT2D eigenvalue weighted by Gasteiger charge is -2.07. The number of anilines is 1. The van der Waals surface area contributed by atoms with Crippen molar-refractivity contribution in [3.8, 4) is 0 Å². The van der Waals surface area contributed by atoms with Crippen LogP contribution in [0.25, 0.3) is 0 Å². The highest BCUT2D eigenvalue weighted by molar-refractivity contribution is 9.10. The van der Waals surface area contributed by atoms with Crippen LogP contribution in [0.1, 0.15) is 0 Å². The third-order valence-electron chi connectivity index (χ3n) is 1.92. The van der Waals surface area contributed by atoms with Crippen LogP contribution in [0.4, 0.5) is 10.1 Å². The van der Waals surface area contributed by atoms with Crippen molar-refractivity contribution in [2.24, 2.45) is 0 Å². The van der Waals surface area contributed by atoms with Crippen LogP contribution in [0.15, 0.2) is 22.7 Å². The van der Waals surface area contributed by atoms with E-state index in [0.717, 1.165) is 12.3 Å². The van der Waals surface area contributed by atoms with Crippen molar-refractivity contribution < 1.29 is 21.2 Å². The molecule has 0 radical (unpaired) electrons. The van der Waals surface area contributed by atoms with E-state index < -0.39 is 37.2 Å². The summed E-state index contributed by atoms with van der Waals surface area (Å²) in [7, 11) is -7.17. The molecule has 0 saturated heterocycles. The number of rotatable bonds is 5. The molecule has 0 aliphatic heterocycles. The fourth-order valence-electron chi connectivity index (χ4n) is 1.05. The van der Waals surface area contributed by atoms with Crippen LogP contribution >= 0.6 is 15.9 Å². The highest BCUT2D eigenvalue weighted by Crippen LogP contribution is 2.20. The molecule has 9 heteroatoms. The zero-order valence-corrected chi connectivity index (χ0v) is 12.6. The number of hydrogen-bond donors (Lipinski definition) is 1. The van der Waals surface area contributed by atoms with Gasteiger partial charge < -0.3 is 0 Å². The van der Waals surface area contributed by atoms with Gasteiger partial charge in [-0.1, -0.05) is 0 Å². The van der Waals surface area contributed by atoms with Crippen molar-refractivity contribution in [3.05, 3.63) is 28.5 Å². The highest BCUT2D eigenvalue weighted by atomic mass is 79.9. The van der Waals surface area contributed by atoms with Crippen molar-refractivity contribution >= 4 is 41.5 Å².